The van der Waals surface area contributed by atoms with Crippen LogP contribution in [0.3, 0.4) is 0 Å². The summed E-state index contributed by atoms with van der Waals surface area (Å²) >= 11 is 0. The molecule has 0 aliphatic carbocycles. The monoisotopic (exact) mass is 409 g/mol. The Hall–Kier alpha value is -3.19. The van der Waals surface area contributed by atoms with E-state index in [1.54, 1.807) is 36.5 Å². The summed E-state index contributed by atoms with van der Waals surface area (Å²) in [6.07, 6.45) is 1.72. The van der Waals surface area contributed by atoms with Crippen molar-refractivity contribution < 1.29 is 13.2 Å². The number of pyridine rings is 1. The van der Waals surface area contributed by atoms with Crippen molar-refractivity contribution in [2.75, 3.05) is 4.31 Å². The smallest absolute Gasteiger partial charge is 0.251 e. The number of benzene rings is 2. The molecular formula is C22H23N3O3S. The third-order valence-corrected chi connectivity index (χ3v) is 5.34. The van der Waals surface area contributed by atoms with E-state index in [1.165, 1.54) is 4.31 Å². The zero-order valence-electron chi connectivity index (χ0n) is 16.5. The van der Waals surface area contributed by atoms with Crippen LogP contribution in [-0.4, -0.2) is 19.3 Å². The van der Waals surface area contributed by atoms with Gasteiger partial charge in [0, 0.05) is 24.0 Å². The number of aromatic nitrogens is 1. The predicted molar refractivity (Wildman–Crippen MR) is 115 cm³/mol. The standard InChI is InChI=1S/C22H23N3O3S/c1-15-4-10-20(11-5-15)25(29(27)28)21-12-19(9-6-16(21)2)22(26)24-14-18-8-7-17(3)23-13-18/h4-13,29H,14H2,1-3H3,(H,24,26). The highest BCUT2D eigenvalue weighted by molar-refractivity contribution is 7.74. The molecule has 0 radical (unpaired) electrons. The summed E-state index contributed by atoms with van der Waals surface area (Å²) in [5.74, 6) is -0.281. The van der Waals surface area contributed by atoms with Crippen molar-refractivity contribution in [3.8, 4) is 0 Å². The maximum atomic E-state index is 12.6. The van der Waals surface area contributed by atoms with Gasteiger partial charge in [0.15, 0.2) is 0 Å². The Kier molecular flexibility index (Phi) is 6.29. The summed E-state index contributed by atoms with van der Waals surface area (Å²) in [6, 6.07) is 16.0. The number of carbonyl (C=O) groups excluding carboxylic acids is 1. The lowest BCUT2D eigenvalue weighted by molar-refractivity contribution is 0.0951. The molecule has 0 saturated carbocycles. The zero-order chi connectivity index (χ0) is 21.0. The molecule has 0 saturated heterocycles. The Morgan fingerprint density at radius 2 is 1.72 bits per heavy atom. The first-order valence-electron chi connectivity index (χ1n) is 9.16. The first kappa shape index (κ1) is 20.5. The Bertz CT molecular complexity index is 1080. The molecule has 29 heavy (non-hydrogen) atoms. The number of hydrogen-bond donors (Lipinski definition) is 2. The molecule has 0 spiro atoms. The minimum atomic E-state index is -2.93. The fraction of sp³-hybridized carbons (Fsp3) is 0.182. The van der Waals surface area contributed by atoms with Crippen LogP contribution in [0.2, 0.25) is 0 Å². The molecule has 1 amide bonds. The average molecular weight is 410 g/mol. The van der Waals surface area contributed by atoms with Gasteiger partial charge in [0.2, 0.25) is 10.9 Å². The van der Waals surface area contributed by atoms with E-state index in [1.807, 2.05) is 45.0 Å². The second kappa shape index (κ2) is 8.87. The molecule has 1 aromatic heterocycles. The first-order valence-corrected chi connectivity index (χ1v) is 10.3. The average Bonchev–Trinajstić information content (AvgIpc) is 2.70. The van der Waals surface area contributed by atoms with Crippen LogP contribution < -0.4 is 9.62 Å². The van der Waals surface area contributed by atoms with Gasteiger partial charge >= 0.3 is 0 Å². The Balaban J connectivity index is 1.86. The summed E-state index contributed by atoms with van der Waals surface area (Å²) in [6.45, 7) is 5.99. The second-order valence-corrected chi connectivity index (χ2v) is 7.75. The number of carbonyl (C=O) groups is 1. The van der Waals surface area contributed by atoms with Crippen molar-refractivity contribution in [1.82, 2.24) is 10.3 Å². The summed E-state index contributed by atoms with van der Waals surface area (Å²) in [7, 11) is -2.93. The van der Waals surface area contributed by atoms with Crippen LogP contribution in [-0.2, 0) is 17.4 Å². The van der Waals surface area contributed by atoms with Gasteiger partial charge in [-0.05, 0) is 62.2 Å². The van der Waals surface area contributed by atoms with Crippen LogP contribution in [0, 0.1) is 20.8 Å². The van der Waals surface area contributed by atoms with E-state index in [-0.39, 0.29) is 5.91 Å². The Morgan fingerprint density at radius 3 is 2.34 bits per heavy atom. The van der Waals surface area contributed by atoms with Crippen molar-refractivity contribution in [2.24, 2.45) is 0 Å². The number of nitrogens with one attached hydrogen (secondary N) is 1. The van der Waals surface area contributed by atoms with E-state index in [9.17, 15) is 13.2 Å². The predicted octanol–water partition coefficient (Wildman–Crippen LogP) is 3.60. The lowest BCUT2D eigenvalue weighted by atomic mass is 10.1. The number of anilines is 2. The van der Waals surface area contributed by atoms with Gasteiger partial charge in [0.05, 0.1) is 11.4 Å². The lowest BCUT2D eigenvalue weighted by Gasteiger charge is -2.21. The lowest BCUT2D eigenvalue weighted by Crippen LogP contribution is -2.23. The van der Waals surface area contributed by atoms with Crippen molar-refractivity contribution in [3.05, 3.63) is 88.7 Å². The molecule has 0 fully saturated rings. The van der Waals surface area contributed by atoms with E-state index in [0.29, 0.717) is 23.5 Å². The molecule has 1 heterocycles. The van der Waals surface area contributed by atoms with Gasteiger partial charge < -0.3 is 5.32 Å². The van der Waals surface area contributed by atoms with Gasteiger partial charge in [-0.1, -0.05) is 29.8 Å². The fourth-order valence-corrected chi connectivity index (χ4v) is 3.59. The van der Waals surface area contributed by atoms with Gasteiger partial charge in [0.25, 0.3) is 5.91 Å². The molecule has 3 rings (SSSR count). The SMILES string of the molecule is Cc1ccc(N(c2cc(C(=O)NCc3ccc(C)nc3)ccc2C)[SH](=O)=O)cc1. The summed E-state index contributed by atoms with van der Waals surface area (Å²) in [4.78, 5) is 16.8. The molecule has 1 N–H and O–H groups in total. The van der Waals surface area contributed by atoms with Gasteiger partial charge in [-0.15, -0.1) is 0 Å². The molecule has 0 aliphatic heterocycles. The van der Waals surface area contributed by atoms with Gasteiger partial charge in [0.1, 0.15) is 0 Å². The molecule has 0 atom stereocenters. The van der Waals surface area contributed by atoms with Crippen LogP contribution in [0.25, 0.3) is 0 Å². The van der Waals surface area contributed by atoms with Gasteiger partial charge in [-0.3, -0.25) is 9.78 Å². The van der Waals surface area contributed by atoms with E-state index in [2.05, 4.69) is 10.3 Å². The van der Waals surface area contributed by atoms with Crippen LogP contribution in [0.4, 0.5) is 11.4 Å². The van der Waals surface area contributed by atoms with Crippen molar-refractivity contribution in [1.29, 1.82) is 0 Å². The number of nitrogens with zero attached hydrogens (tertiary/aromatic N) is 2. The number of amides is 1. The zero-order valence-corrected chi connectivity index (χ0v) is 17.4. The maximum Gasteiger partial charge on any atom is 0.251 e. The van der Waals surface area contributed by atoms with Crippen LogP contribution >= 0.6 is 0 Å². The minimum absolute atomic E-state index is 0.281. The van der Waals surface area contributed by atoms with E-state index >= 15 is 0 Å². The quantitative estimate of drug-likeness (QED) is 0.610. The van der Waals surface area contributed by atoms with E-state index in [0.717, 1.165) is 22.4 Å². The summed E-state index contributed by atoms with van der Waals surface area (Å²) in [5, 5.41) is 2.85. The first-order chi connectivity index (χ1) is 13.8. The van der Waals surface area contributed by atoms with E-state index in [4.69, 9.17) is 0 Å². The number of thiol groups is 1. The van der Waals surface area contributed by atoms with Gasteiger partial charge in [-0.25, -0.2) is 12.7 Å². The van der Waals surface area contributed by atoms with Crippen LogP contribution in [0.15, 0.2) is 60.8 Å². The molecule has 6 nitrogen and oxygen atoms in total. The molecule has 150 valence electrons. The van der Waals surface area contributed by atoms with E-state index < -0.39 is 10.9 Å². The molecule has 2 aromatic carbocycles. The highest BCUT2D eigenvalue weighted by Gasteiger charge is 2.17. The summed E-state index contributed by atoms with van der Waals surface area (Å²) in [5.41, 5.74) is 4.95. The number of rotatable bonds is 6. The van der Waals surface area contributed by atoms with Crippen LogP contribution in [0.1, 0.15) is 32.7 Å². The Morgan fingerprint density at radius 1 is 1.00 bits per heavy atom. The molecule has 7 heteroatoms. The fourth-order valence-electron chi connectivity index (χ4n) is 2.87. The molecule has 3 aromatic rings. The number of aryl methyl sites for hydroxylation is 3. The van der Waals surface area contributed by atoms with Crippen molar-refractivity contribution in [3.63, 3.8) is 0 Å². The molecule has 0 unspecified atom stereocenters. The normalized spacial score (nSPS) is 10.8. The largest absolute Gasteiger partial charge is 0.348 e. The van der Waals surface area contributed by atoms with Gasteiger partial charge in [-0.2, -0.15) is 0 Å². The van der Waals surface area contributed by atoms with Crippen LogP contribution in [0.5, 0.6) is 0 Å². The topological polar surface area (TPSA) is 79.4 Å². The maximum absolute atomic E-state index is 12.6. The number of hydrogen-bond acceptors (Lipinski definition) is 4. The second-order valence-electron chi connectivity index (χ2n) is 6.88. The van der Waals surface area contributed by atoms with Crippen molar-refractivity contribution in [2.45, 2.75) is 27.3 Å². The highest BCUT2D eigenvalue weighted by Crippen LogP contribution is 2.30. The van der Waals surface area contributed by atoms with Crippen molar-refractivity contribution >= 4 is 28.2 Å². The third kappa shape index (κ3) is 5.00. The molecule has 0 bridgehead atoms. The highest BCUT2D eigenvalue weighted by atomic mass is 32.2. The Labute approximate surface area is 172 Å². The summed E-state index contributed by atoms with van der Waals surface area (Å²) < 4.78 is 25.3. The minimum Gasteiger partial charge on any atom is -0.348 e. The molecular weight excluding hydrogens is 386 g/mol. The third-order valence-electron chi connectivity index (χ3n) is 4.57. The molecule has 0 aliphatic rings.